The van der Waals surface area contributed by atoms with Crippen molar-refractivity contribution in [2.24, 2.45) is 5.92 Å². The Balaban J connectivity index is 1.36. The zero-order valence-corrected chi connectivity index (χ0v) is 23.7. The van der Waals surface area contributed by atoms with Gasteiger partial charge >= 0.3 is 6.03 Å². The number of halogens is 3. The molecule has 1 aliphatic carbocycles. The van der Waals surface area contributed by atoms with Crippen molar-refractivity contribution in [1.82, 2.24) is 19.0 Å². The third-order valence-electron chi connectivity index (χ3n) is 8.00. The first-order valence-electron chi connectivity index (χ1n) is 13.6. The predicted octanol–water partition coefficient (Wildman–Crippen LogP) is 4.81. The largest absolute Gasteiger partial charge is 0.323 e. The second kappa shape index (κ2) is 11.7. The van der Waals surface area contributed by atoms with Crippen LogP contribution in [0.4, 0.5) is 13.6 Å². The molecule has 11 heteroatoms. The van der Waals surface area contributed by atoms with Crippen LogP contribution in [0.3, 0.4) is 0 Å². The van der Waals surface area contributed by atoms with Gasteiger partial charge in [0, 0.05) is 68.5 Å². The van der Waals surface area contributed by atoms with E-state index >= 15 is 0 Å². The van der Waals surface area contributed by atoms with Crippen molar-refractivity contribution in [3.05, 3.63) is 64.7 Å². The van der Waals surface area contributed by atoms with E-state index in [0.717, 1.165) is 43.8 Å². The van der Waals surface area contributed by atoms with Crippen molar-refractivity contribution in [2.75, 3.05) is 39.3 Å². The van der Waals surface area contributed by atoms with Crippen LogP contribution in [0.15, 0.2) is 47.4 Å². The van der Waals surface area contributed by atoms with Gasteiger partial charge in [0.05, 0.1) is 4.90 Å². The maximum atomic E-state index is 14.7. The molecule has 39 heavy (non-hydrogen) atoms. The van der Waals surface area contributed by atoms with E-state index in [1.165, 1.54) is 41.4 Å². The molecule has 5 rings (SSSR count). The van der Waals surface area contributed by atoms with Gasteiger partial charge in [-0.15, -0.1) is 0 Å². The van der Waals surface area contributed by atoms with E-state index in [1.54, 1.807) is 4.90 Å². The molecular weight excluding hydrogens is 546 g/mol. The number of nitrogens with zero attached hydrogens (tertiary/aromatic N) is 4. The fourth-order valence-corrected chi connectivity index (χ4v) is 7.43. The number of sulfonamides is 1. The summed E-state index contributed by atoms with van der Waals surface area (Å²) in [6, 6.07) is 8.16. The van der Waals surface area contributed by atoms with Crippen molar-refractivity contribution in [2.45, 2.75) is 56.1 Å². The van der Waals surface area contributed by atoms with E-state index in [4.69, 9.17) is 11.6 Å². The van der Waals surface area contributed by atoms with Crippen LogP contribution >= 0.6 is 11.6 Å². The smallest absolute Gasteiger partial charge is 0.320 e. The van der Waals surface area contributed by atoms with Crippen LogP contribution in [0, 0.1) is 17.6 Å². The van der Waals surface area contributed by atoms with Crippen molar-refractivity contribution in [3.63, 3.8) is 0 Å². The van der Waals surface area contributed by atoms with E-state index < -0.39 is 27.7 Å². The van der Waals surface area contributed by atoms with E-state index in [1.807, 2.05) is 4.90 Å². The van der Waals surface area contributed by atoms with Crippen molar-refractivity contribution in [1.29, 1.82) is 0 Å². The molecule has 2 aliphatic heterocycles. The number of carbonyl (C=O) groups is 1. The quantitative estimate of drug-likeness (QED) is 0.472. The molecule has 7 nitrogen and oxygen atoms in total. The molecule has 0 aromatic heterocycles. The van der Waals surface area contributed by atoms with E-state index in [0.29, 0.717) is 31.0 Å². The van der Waals surface area contributed by atoms with Gasteiger partial charge < -0.3 is 9.80 Å². The topological polar surface area (TPSA) is 64.2 Å². The molecule has 2 amide bonds. The lowest BCUT2D eigenvalue weighted by molar-refractivity contribution is 0.0669. The van der Waals surface area contributed by atoms with Crippen LogP contribution < -0.4 is 0 Å². The Morgan fingerprint density at radius 3 is 2.46 bits per heavy atom. The van der Waals surface area contributed by atoms with Crippen LogP contribution in [-0.4, -0.2) is 84.8 Å². The minimum Gasteiger partial charge on any atom is -0.323 e. The summed E-state index contributed by atoms with van der Waals surface area (Å²) >= 11 is 5.98. The molecule has 0 spiro atoms. The van der Waals surface area contributed by atoms with Crippen LogP contribution in [0.1, 0.15) is 38.2 Å². The van der Waals surface area contributed by atoms with Gasteiger partial charge in [0.2, 0.25) is 10.0 Å². The lowest BCUT2D eigenvalue weighted by Crippen LogP contribution is -2.60. The lowest BCUT2D eigenvalue weighted by Gasteiger charge is -2.44. The molecule has 3 fully saturated rings. The Hall–Kier alpha value is -2.27. The first kappa shape index (κ1) is 28.3. The fourth-order valence-electron chi connectivity index (χ4n) is 5.68. The number of carbonyl (C=O) groups excluding carboxylic acids is 1. The lowest BCUT2D eigenvalue weighted by atomic mass is 10.0. The summed E-state index contributed by atoms with van der Waals surface area (Å²) in [6.07, 6.45) is 3.68. The summed E-state index contributed by atoms with van der Waals surface area (Å²) in [5, 5.41) is 0.387. The zero-order chi connectivity index (χ0) is 27.7. The van der Waals surface area contributed by atoms with E-state index in [-0.39, 0.29) is 35.6 Å². The van der Waals surface area contributed by atoms with Gasteiger partial charge in [-0.1, -0.05) is 11.6 Å². The van der Waals surface area contributed by atoms with E-state index in [2.05, 4.69) is 11.8 Å². The molecule has 2 atom stereocenters. The summed E-state index contributed by atoms with van der Waals surface area (Å²) in [4.78, 5) is 19.7. The predicted molar refractivity (Wildman–Crippen MR) is 146 cm³/mol. The van der Waals surface area contributed by atoms with Gasteiger partial charge in [-0.25, -0.2) is 22.0 Å². The summed E-state index contributed by atoms with van der Waals surface area (Å²) in [7, 11) is -4.12. The molecule has 0 bridgehead atoms. The number of likely N-dealkylation sites (tertiary alicyclic amines) is 1. The maximum absolute atomic E-state index is 14.7. The number of rotatable bonds is 7. The molecule has 3 aliphatic rings. The average Bonchev–Trinajstić information content (AvgIpc) is 3.73. The highest BCUT2D eigenvalue weighted by Gasteiger charge is 2.39. The molecule has 0 N–H and O–H groups in total. The van der Waals surface area contributed by atoms with Crippen molar-refractivity contribution in [3.8, 4) is 0 Å². The number of amides is 2. The highest BCUT2D eigenvalue weighted by Crippen LogP contribution is 2.31. The second-order valence-electron chi connectivity index (χ2n) is 11.0. The number of hydrogen-bond acceptors (Lipinski definition) is 4. The molecule has 0 unspecified atom stereocenters. The SMILES string of the molecule is C[C@@H]1CN(CC2CC2)CCN1C(=O)N1CCC[C@H](N(Cc2cc(F)ccc2F)S(=O)(=O)c2ccc(Cl)cc2)C1. The average molecular weight is 581 g/mol. The third kappa shape index (κ3) is 6.56. The third-order valence-corrected chi connectivity index (χ3v) is 10.2. The second-order valence-corrected chi connectivity index (χ2v) is 13.3. The normalized spacial score (nSPS) is 22.9. The minimum atomic E-state index is -4.12. The summed E-state index contributed by atoms with van der Waals surface area (Å²) in [5.74, 6) is -0.543. The van der Waals surface area contributed by atoms with Gasteiger partial charge in [0.15, 0.2) is 0 Å². The van der Waals surface area contributed by atoms with Gasteiger partial charge in [0.1, 0.15) is 11.6 Å². The Labute approximate surface area is 234 Å². The summed E-state index contributed by atoms with van der Waals surface area (Å²) < 4.78 is 57.6. The van der Waals surface area contributed by atoms with Crippen LogP contribution in [0.25, 0.3) is 0 Å². The molecule has 2 aromatic rings. The van der Waals surface area contributed by atoms with Crippen molar-refractivity contribution >= 4 is 27.7 Å². The zero-order valence-electron chi connectivity index (χ0n) is 22.1. The summed E-state index contributed by atoms with van der Waals surface area (Å²) in [6.45, 7) is 5.79. The highest BCUT2D eigenvalue weighted by atomic mass is 35.5. The number of piperazine rings is 1. The number of urea groups is 1. The maximum Gasteiger partial charge on any atom is 0.320 e. The van der Waals surface area contributed by atoms with Crippen LogP contribution in [0.5, 0.6) is 0 Å². The number of piperidine rings is 1. The Morgan fingerprint density at radius 1 is 1.03 bits per heavy atom. The number of hydrogen-bond donors (Lipinski definition) is 0. The first-order chi connectivity index (χ1) is 18.6. The molecule has 2 heterocycles. The molecule has 1 saturated carbocycles. The molecule has 2 saturated heterocycles. The molecule has 0 radical (unpaired) electrons. The monoisotopic (exact) mass is 580 g/mol. The van der Waals surface area contributed by atoms with Gasteiger partial charge in [-0.3, -0.25) is 4.90 Å². The number of benzene rings is 2. The van der Waals surface area contributed by atoms with Gasteiger partial charge in [-0.05, 0) is 81.0 Å². The first-order valence-corrected chi connectivity index (χ1v) is 15.4. The summed E-state index contributed by atoms with van der Waals surface area (Å²) in [5.41, 5.74) is -0.0589. The van der Waals surface area contributed by atoms with Gasteiger partial charge in [0.25, 0.3) is 0 Å². The van der Waals surface area contributed by atoms with Gasteiger partial charge in [-0.2, -0.15) is 4.31 Å². The van der Waals surface area contributed by atoms with Crippen molar-refractivity contribution < 1.29 is 22.0 Å². The Bertz CT molecular complexity index is 1290. The van der Waals surface area contributed by atoms with E-state index in [9.17, 15) is 22.0 Å². The fraction of sp³-hybridized carbons (Fsp3) is 0.536. The molecular formula is C28H35ClF2N4O3S. The molecule has 2 aromatic carbocycles. The Morgan fingerprint density at radius 2 is 1.77 bits per heavy atom. The Kier molecular flexibility index (Phi) is 8.47. The van der Waals surface area contributed by atoms with Crippen LogP contribution in [-0.2, 0) is 16.6 Å². The highest BCUT2D eigenvalue weighted by molar-refractivity contribution is 7.89. The van der Waals surface area contributed by atoms with Crippen LogP contribution in [0.2, 0.25) is 5.02 Å². The molecule has 212 valence electrons. The standard InChI is InChI=1S/C28H35ClF2N4O3S/c1-20-16-32(17-21-4-5-21)13-14-34(20)28(36)33-12-2-3-25(19-33)35(18-22-15-24(30)8-11-27(22)31)39(37,38)26-9-6-23(29)7-10-26/h6-11,15,20-21,25H,2-5,12-14,16-19H2,1H3/t20-,25+/m1/s1. The minimum absolute atomic E-state index is 0.00701.